The molecule has 0 fully saturated rings. The summed E-state index contributed by atoms with van der Waals surface area (Å²) in [6.45, 7) is 25.7. The van der Waals surface area contributed by atoms with Crippen molar-refractivity contribution in [3.63, 3.8) is 0 Å². The maximum Gasteiger partial charge on any atom is 0.125 e. The van der Waals surface area contributed by atoms with Crippen molar-refractivity contribution >= 4 is 0 Å². The van der Waals surface area contributed by atoms with Crippen molar-refractivity contribution in [1.29, 1.82) is 0 Å². The van der Waals surface area contributed by atoms with Crippen molar-refractivity contribution in [2.24, 2.45) is 0 Å². The third-order valence-corrected chi connectivity index (χ3v) is 7.03. The van der Waals surface area contributed by atoms with Gasteiger partial charge in [-0.05, 0) is 92.1 Å². The molecule has 3 aromatic rings. The Labute approximate surface area is 223 Å². The second kappa shape index (κ2) is 12.5. The zero-order valence-corrected chi connectivity index (χ0v) is 23.2. The van der Waals surface area contributed by atoms with Crippen LogP contribution in [0.1, 0.15) is 56.0 Å². The van der Waals surface area contributed by atoms with Gasteiger partial charge in [0.05, 0.1) is 0 Å². The van der Waals surface area contributed by atoms with Crippen LogP contribution >= 0.6 is 0 Å². The van der Waals surface area contributed by atoms with Crippen LogP contribution in [0.25, 0.3) is 0 Å². The largest absolute Gasteiger partial charge is 0.489 e. The van der Waals surface area contributed by atoms with Gasteiger partial charge in [-0.25, -0.2) is 0 Å². The molecule has 0 aromatic heterocycles. The van der Waals surface area contributed by atoms with Crippen LogP contribution in [0.5, 0.6) is 17.2 Å². The predicted molar refractivity (Wildman–Crippen MR) is 156 cm³/mol. The highest BCUT2D eigenvalue weighted by Gasteiger charge is 2.27. The topological polar surface area (TPSA) is 27.7 Å². The molecule has 0 N–H and O–H groups in total. The van der Waals surface area contributed by atoms with Crippen molar-refractivity contribution in [2.45, 2.75) is 47.5 Å². The molecule has 0 bridgehead atoms. The molecule has 0 spiro atoms. The number of hydrogen-bond donors (Lipinski definition) is 0. The van der Waals surface area contributed by atoms with Gasteiger partial charge in [0.25, 0.3) is 0 Å². The molecule has 3 rings (SSSR count). The van der Waals surface area contributed by atoms with Gasteiger partial charge in [0.2, 0.25) is 0 Å². The number of hydrogen-bond acceptors (Lipinski definition) is 3. The van der Waals surface area contributed by atoms with Crippen LogP contribution in [-0.4, -0.2) is 19.8 Å². The minimum absolute atomic E-state index is 0.0438. The zero-order valence-electron chi connectivity index (χ0n) is 23.2. The molecule has 37 heavy (non-hydrogen) atoms. The van der Waals surface area contributed by atoms with E-state index in [2.05, 4.69) is 85.5 Å². The molecular formula is C34H40O3. The van der Waals surface area contributed by atoms with E-state index in [4.69, 9.17) is 14.2 Å². The molecule has 0 aliphatic rings. The van der Waals surface area contributed by atoms with Crippen molar-refractivity contribution in [2.75, 3.05) is 19.8 Å². The van der Waals surface area contributed by atoms with E-state index in [1.54, 1.807) is 18.2 Å². The second-order valence-corrected chi connectivity index (χ2v) is 9.49. The number of ether oxygens (including phenoxy) is 3. The quantitative estimate of drug-likeness (QED) is 0.186. The first-order valence-corrected chi connectivity index (χ1v) is 12.8. The monoisotopic (exact) mass is 496 g/mol. The lowest BCUT2D eigenvalue weighted by atomic mass is 9.78. The van der Waals surface area contributed by atoms with Crippen LogP contribution in [0.15, 0.2) is 74.4 Å². The van der Waals surface area contributed by atoms with Crippen LogP contribution in [-0.2, 0) is 0 Å². The van der Waals surface area contributed by atoms with Gasteiger partial charge in [0, 0.05) is 11.5 Å². The van der Waals surface area contributed by atoms with Gasteiger partial charge in [0.1, 0.15) is 37.1 Å². The molecule has 0 unspecified atom stereocenters. The molecule has 0 radical (unpaired) electrons. The van der Waals surface area contributed by atoms with Crippen LogP contribution < -0.4 is 14.2 Å². The predicted octanol–water partition coefficient (Wildman–Crippen LogP) is 8.41. The molecule has 0 aliphatic carbocycles. The molecular weight excluding hydrogens is 456 g/mol. The van der Waals surface area contributed by atoms with Gasteiger partial charge in [-0.2, -0.15) is 0 Å². The number of rotatable bonds is 12. The minimum Gasteiger partial charge on any atom is -0.489 e. The lowest BCUT2D eigenvalue weighted by Crippen LogP contribution is -2.13. The van der Waals surface area contributed by atoms with Gasteiger partial charge in [-0.3, -0.25) is 0 Å². The third-order valence-electron chi connectivity index (χ3n) is 7.03. The Morgan fingerprint density at radius 2 is 1.03 bits per heavy atom. The van der Waals surface area contributed by atoms with Gasteiger partial charge >= 0.3 is 0 Å². The average Bonchev–Trinajstić information content (AvgIpc) is 2.89. The molecule has 3 heteroatoms. The zero-order chi connectivity index (χ0) is 27.1. The molecule has 0 amide bonds. The third kappa shape index (κ3) is 5.83. The fourth-order valence-corrected chi connectivity index (χ4v) is 5.01. The highest BCUT2D eigenvalue weighted by atomic mass is 16.5. The van der Waals surface area contributed by atoms with Crippen LogP contribution in [0.4, 0.5) is 0 Å². The van der Waals surface area contributed by atoms with E-state index >= 15 is 0 Å². The van der Waals surface area contributed by atoms with E-state index in [1.807, 2.05) is 12.1 Å². The standard InChI is InChI=1S/C34H40O3/c1-10-17-35-31-16-14-13-15-28(31)32(29-20-22(4)33(36-18-11-2)26(8)24(29)6)30-21-23(5)34(37-19-12-3)27(9)25(30)7/h10-16,20-21,32H,1-3,17-19H2,4-9H3. The molecule has 3 aromatic carbocycles. The Morgan fingerprint density at radius 1 is 0.595 bits per heavy atom. The summed E-state index contributed by atoms with van der Waals surface area (Å²) in [5.41, 5.74) is 10.5. The lowest BCUT2D eigenvalue weighted by Gasteiger charge is -2.28. The van der Waals surface area contributed by atoms with Gasteiger partial charge in [0.15, 0.2) is 0 Å². The summed E-state index contributed by atoms with van der Waals surface area (Å²) in [5.74, 6) is 2.66. The summed E-state index contributed by atoms with van der Waals surface area (Å²) in [6.07, 6.45) is 5.34. The second-order valence-electron chi connectivity index (χ2n) is 9.49. The fourth-order valence-electron chi connectivity index (χ4n) is 5.01. The summed E-state index contributed by atoms with van der Waals surface area (Å²) < 4.78 is 18.3. The first-order valence-electron chi connectivity index (χ1n) is 12.8. The Morgan fingerprint density at radius 3 is 1.49 bits per heavy atom. The SMILES string of the molecule is C=CCOc1ccccc1C(c1cc(C)c(OCC=C)c(C)c1C)c1cc(C)c(OCC=C)c(C)c1C. The summed E-state index contributed by atoms with van der Waals surface area (Å²) in [4.78, 5) is 0. The van der Waals surface area contributed by atoms with E-state index in [-0.39, 0.29) is 5.92 Å². The van der Waals surface area contributed by atoms with E-state index in [1.165, 1.54) is 22.3 Å². The number of para-hydroxylation sites is 1. The van der Waals surface area contributed by atoms with E-state index in [0.717, 1.165) is 45.1 Å². The maximum atomic E-state index is 6.18. The van der Waals surface area contributed by atoms with Crippen molar-refractivity contribution in [3.8, 4) is 17.2 Å². The van der Waals surface area contributed by atoms with Crippen molar-refractivity contribution in [3.05, 3.63) is 124 Å². The molecule has 0 atom stereocenters. The molecule has 0 saturated heterocycles. The van der Waals surface area contributed by atoms with Crippen molar-refractivity contribution < 1.29 is 14.2 Å². The Kier molecular flexibility index (Phi) is 9.41. The smallest absolute Gasteiger partial charge is 0.125 e. The van der Waals surface area contributed by atoms with Crippen LogP contribution in [0, 0.1) is 41.5 Å². The average molecular weight is 497 g/mol. The fraction of sp³-hybridized carbons (Fsp3) is 0.294. The van der Waals surface area contributed by atoms with Crippen molar-refractivity contribution in [1.82, 2.24) is 0 Å². The van der Waals surface area contributed by atoms with Gasteiger partial charge in [-0.15, -0.1) is 0 Å². The van der Waals surface area contributed by atoms with Gasteiger partial charge in [-0.1, -0.05) is 68.3 Å². The highest BCUT2D eigenvalue weighted by molar-refractivity contribution is 5.61. The first-order chi connectivity index (χ1) is 17.8. The first kappa shape index (κ1) is 27.9. The normalized spacial score (nSPS) is 10.8. The highest BCUT2D eigenvalue weighted by Crippen LogP contribution is 2.45. The Hall–Kier alpha value is -3.72. The molecule has 194 valence electrons. The van der Waals surface area contributed by atoms with E-state index in [0.29, 0.717) is 19.8 Å². The summed E-state index contributed by atoms with van der Waals surface area (Å²) in [7, 11) is 0. The maximum absolute atomic E-state index is 6.18. The lowest BCUT2D eigenvalue weighted by molar-refractivity contribution is 0.356. The van der Waals surface area contributed by atoms with Crippen LogP contribution in [0.2, 0.25) is 0 Å². The van der Waals surface area contributed by atoms with Crippen LogP contribution in [0.3, 0.4) is 0 Å². The Balaban J connectivity index is 2.34. The number of aryl methyl sites for hydroxylation is 2. The molecule has 3 nitrogen and oxygen atoms in total. The molecule has 0 saturated carbocycles. The molecule has 0 heterocycles. The number of benzene rings is 3. The van der Waals surface area contributed by atoms with E-state index < -0.39 is 0 Å². The minimum atomic E-state index is -0.0438. The molecule has 0 aliphatic heterocycles. The summed E-state index contributed by atoms with van der Waals surface area (Å²) in [6, 6.07) is 12.8. The Bertz CT molecular complexity index is 1230. The summed E-state index contributed by atoms with van der Waals surface area (Å²) >= 11 is 0. The van der Waals surface area contributed by atoms with E-state index in [9.17, 15) is 0 Å². The van der Waals surface area contributed by atoms with Gasteiger partial charge < -0.3 is 14.2 Å². The summed E-state index contributed by atoms with van der Waals surface area (Å²) in [5, 5.41) is 0.